The lowest BCUT2D eigenvalue weighted by molar-refractivity contribution is -0.148. The van der Waals surface area contributed by atoms with Crippen LogP contribution in [0.1, 0.15) is 66.7 Å². The predicted octanol–water partition coefficient (Wildman–Crippen LogP) is 2.34. The molecule has 32 heavy (non-hydrogen) atoms. The van der Waals surface area contributed by atoms with Crippen molar-refractivity contribution in [3.8, 4) is 0 Å². The van der Waals surface area contributed by atoms with E-state index in [1.54, 1.807) is 6.92 Å². The van der Waals surface area contributed by atoms with E-state index in [9.17, 15) is 23.7 Å². The van der Waals surface area contributed by atoms with E-state index >= 15 is 0 Å². The number of piperidine rings is 1. The van der Waals surface area contributed by atoms with Gasteiger partial charge in [-0.2, -0.15) is 0 Å². The number of nitrogens with zero attached hydrogens (tertiary/aromatic N) is 1. The number of hydrogen-bond donors (Lipinski definition) is 2. The fourth-order valence-corrected chi connectivity index (χ4v) is 5.38. The molecule has 2 N–H and O–H groups in total. The van der Waals surface area contributed by atoms with E-state index in [-0.39, 0.29) is 55.6 Å². The van der Waals surface area contributed by atoms with Crippen LogP contribution in [-0.4, -0.2) is 60.4 Å². The van der Waals surface area contributed by atoms with Gasteiger partial charge < -0.3 is 15.2 Å². The van der Waals surface area contributed by atoms with E-state index in [1.807, 2.05) is 27.7 Å². The van der Waals surface area contributed by atoms with Gasteiger partial charge in [0.05, 0.1) is 18.2 Å². The number of rotatable bonds is 13. The van der Waals surface area contributed by atoms with Crippen molar-refractivity contribution in [3.63, 3.8) is 0 Å². The summed E-state index contributed by atoms with van der Waals surface area (Å²) in [5.41, 5.74) is -0.822. The van der Waals surface area contributed by atoms with Crippen LogP contribution >= 0.6 is 8.03 Å². The Morgan fingerprint density at radius 1 is 1.03 bits per heavy atom. The average Bonchev–Trinajstić information content (AvgIpc) is 2.70. The van der Waals surface area contributed by atoms with Crippen molar-refractivity contribution in [2.75, 3.05) is 20.2 Å². The Hall–Kier alpha value is -1.73. The molecular formula is C22H40N3O6P. The van der Waals surface area contributed by atoms with Gasteiger partial charge in [-0.3, -0.25) is 28.6 Å². The predicted molar refractivity (Wildman–Crippen MR) is 123 cm³/mol. The second-order valence-corrected chi connectivity index (χ2v) is 10.8. The highest BCUT2D eigenvalue weighted by Gasteiger charge is 2.39. The molecule has 1 rings (SSSR count). The van der Waals surface area contributed by atoms with Gasteiger partial charge in [0.2, 0.25) is 23.6 Å². The maximum Gasteiger partial charge on any atom is 0.242 e. The molecule has 9 nitrogen and oxygen atoms in total. The van der Waals surface area contributed by atoms with Gasteiger partial charge in [0.15, 0.2) is 8.03 Å². The van der Waals surface area contributed by atoms with Crippen molar-refractivity contribution in [1.82, 2.24) is 15.5 Å². The first-order valence-electron chi connectivity index (χ1n) is 11.5. The summed E-state index contributed by atoms with van der Waals surface area (Å²) >= 11 is 0. The van der Waals surface area contributed by atoms with Crippen LogP contribution in [0.5, 0.6) is 0 Å². The minimum Gasteiger partial charge on any atom is -0.357 e. The first kappa shape index (κ1) is 28.3. The van der Waals surface area contributed by atoms with Crippen molar-refractivity contribution in [3.05, 3.63) is 0 Å². The van der Waals surface area contributed by atoms with E-state index in [4.69, 9.17) is 4.52 Å². The first-order chi connectivity index (χ1) is 15.0. The molecule has 1 fully saturated rings. The van der Waals surface area contributed by atoms with Gasteiger partial charge in [0.1, 0.15) is 6.04 Å². The maximum absolute atomic E-state index is 13.4. The fourth-order valence-electron chi connectivity index (χ4n) is 3.93. The molecule has 3 unspecified atom stereocenters. The van der Waals surface area contributed by atoms with Crippen molar-refractivity contribution < 1.29 is 28.3 Å². The monoisotopic (exact) mass is 473 g/mol. The minimum absolute atomic E-state index is 0.0842. The van der Waals surface area contributed by atoms with Gasteiger partial charge >= 0.3 is 0 Å². The molecule has 1 aliphatic heterocycles. The van der Waals surface area contributed by atoms with E-state index in [1.165, 1.54) is 7.05 Å². The molecular weight excluding hydrogens is 433 g/mol. The Morgan fingerprint density at radius 2 is 1.59 bits per heavy atom. The summed E-state index contributed by atoms with van der Waals surface area (Å²) in [6, 6.07) is -0.726. The Balaban J connectivity index is 3.24. The van der Waals surface area contributed by atoms with E-state index in [0.29, 0.717) is 19.3 Å². The molecule has 0 aromatic rings. The van der Waals surface area contributed by atoms with Gasteiger partial charge in [-0.25, -0.2) is 0 Å². The number of nitrogens with one attached hydrogen (secondary N) is 2. The topological polar surface area (TPSA) is 122 Å². The highest BCUT2D eigenvalue weighted by molar-refractivity contribution is 7.40. The molecule has 4 amide bonds. The molecule has 0 spiro atoms. The zero-order valence-electron chi connectivity index (χ0n) is 20.2. The molecule has 1 saturated heterocycles. The smallest absolute Gasteiger partial charge is 0.242 e. The average molecular weight is 474 g/mol. The Kier molecular flexibility index (Phi) is 12.1. The molecule has 0 aromatic carbocycles. The number of imide groups is 1. The molecule has 1 aliphatic rings. The molecule has 1 heterocycles. The number of carbonyl (C=O) groups is 4. The highest BCUT2D eigenvalue weighted by atomic mass is 31.1. The molecule has 4 atom stereocenters. The number of amides is 4. The van der Waals surface area contributed by atoms with Crippen LogP contribution in [0.15, 0.2) is 0 Å². The normalized spacial score (nSPS) is 18.4. The molecule has 0 bridgehead atoms. The van der Waals surface area contributed by atoms with Gasteiger partial charge in [0, 0.05) is 26.4 Å². The number of hydrogen-bond acceptors (Lipinski definition) is 6. The molecule has 0 saturated carbocycles. The first-order valence-corrected chi connectivity index (χ1v) is 12.9. The SMILES string of the molecule is CCO[PH](=O)C(CN1C(=O)CCCC1=O)C(CC(C)C)C(=O)N[C@@H](CC(C)C)C(=O)NC. The number of likely N-dealkylation sites (tertiary alicyclic amines) is 1. The van der Waals surface area contributed by atoms with Crippen molar-refractivity contribution in [2.24, 2.45) is 17.8 Å². The van der Waals surface area contributed by atoms with E-state index in [2.05, 4.69) is 10.6 Å². The van der Waals surface area contributed by atoms with Gasteiger partial charge in [-0.05, 0) is 38.0 Å². The Bertz CT molecular complexity index is 681. The van der Waals surface area contributed by atoms with Crippen LogP contribution in [0.4, 0.5) is 0 Å². The second kappa shape index (κ2) is 13.7. The summed E-state index contributed by atoms with van der Waals surface area (Å²) in [6.07, 6.45) is 1.84. The molecule has 0 aromatic heterocycles. The standard InChI is InChI=1S/C22H40N3O6P/c1-7-31-32(30)18(13-25-19(26)9-8-10-20(25)27)16(11-14(2)3)21(28)24-17(12-15(4)5)22(29)23-6/h14-18,32H,7-13H2,1-6H3,(H,23,29)(H,24,28)/t16?,17-,18?/m0/s1. The summed E-state index contributed by atoms with van der Waals surface area (Å²) < 4.78 is 18.5. The zero-order valence-corrected chi connectivity index (χ0v) is 21.2. The van der Waals surface area contributed by atoms with Crippen LogP contribution in [-0.2, 0) is 28.3 Å². The fraction of sp³-hybridized carbons (Fsp3) is 0.818. The highest BCUT2D eigenvalue weighted by Crippen LogP contribution is 2.38. The van der Waals surface area contributed by atoms with E-state index in [0.717, 1.165) is 4.90 Å². The van der Waals surface area contributed by atoms with Crippen LogP contribution in [0.25, 0.3) is 0 Å². The summed E-state index contributed by atoms with van der Waals surface area (Å²) in [6.45, 7) is 9.58. The third kappa shape index (κ3) is 8.66. The van der Waals surface area contributed by atoms with Crippen LogP contribution in [0, 0.1) is 17.8 Å². The molecule has 0 aliphatic carbocycles. The minimum atomic E-state index is -2.75. The summed E-state index contributed by atoms with van der Waals surface area (Å²) in [4.78, 5) is 51.6. The summed E-state index contributed by atoms with van der Waals surface area (Å²) in [7, 11) is -1.24. The lowest BCUT2D eigenvalue weighted by atomic mass is 9.91. The third-order valence-electron chi connectivity index (χ3n) is 5.49. The number of carbonyl (C=O) groups excluding carboxylic acids is 4. The van der Waals surface area contributed by atoms with Gasteiger partial charge in [0.25, 0.3) is 0 Å². The van der Waals surface area contributed by atoms with Gasteiger partial charge in [-0.15, -0.1) is 0 Å². The molecule has 184 valence electrons. The van der Waals surface area contributed by atoms with Gasteiger partial charge in [-0.1, -0.05) is 27.7 Å². The van der Waals surface area contributed by atoms with Crippen LogP contribution < -0.4 is 10.6 Å². The Labute approximate surface area is 192 Å². The lowest BCUT2D eigenvalue weighted by Crippen LogP contribution is -2.52. The lowest BCUT2D eigenvalue weighted by Gasteiger charge is -2.33. The largest absolute Gasteiger partial charge is 0.357 e. The van der Waals surface area contributed by atoms with Crippen molar-refractivity contribution in [2.45, 2.75) is 78.4 Å². The third-order valence-corrected chi connectivity index (χ3v) is 7.25. The Morgan fingerprint density at radius 3 is 2.06 bits per heavy atom. The number of likely N-dealkylation sites (N-methyl/N-ethyl adjacent to an activating group) is 1. The molecule has 0 radical (unpaired) electrons. The van der Waals surface area contributed by atoms with Crippen molar-refractivity contribution >= 4 is 31.7 Å². The van der Waals surface area contributed by atoms with E-state index < -0.39 is 31.6 Å². The van der Waals surface area contributed by atoms with Crippen LogP contribution in [0.2, 0.25) is 0 Å². The second-order valence-electron chi connectivity index (χ2n) is 9.15. The maximum atomic E-state index is 13.4. The molecule has 10 heteroatoms. The van der Waals surface area contributed by atoms with Crippen LogP contribution in [0.3, 0.4) is 0 Å². The summed E-state index contributed by atoms with van der Waals surface area (Å²) in [5, 5.41) is 5.40. The zero-order chi connectivity index (χ0) is 24.4. The van der Waals surface area contributed by atoms with Crippen molar-refractivity contribution in [1.29, 1.82) is 0 Å². The quantitative estimate of drug-likeness (QED) is 0.313. The summed E-state index contributed by atoms with van der Waals surface area (Å²) in [5.74, 6) is -1.86.